The number of halogens is 1. The van der Waals surface area contributed by atoms with Crippen molar-refractivity contribution in [3.8, 4) is 0 Å². The van der Waals surface area contributed by atoms with Gasteiger partial charge in [0.1, 0.15) is 11.5 Å². The van der Waals surface area contributed by atoms with E-state index >= 15 is 0 Å². The number of nitrogens with zero attached hydrogens (tertiary/aromatic N) is 1. The molecular weight excluding hydrogens is 207 g/mol. The lowest BCUT2D eigenvalue weighted by molar-refractivity contribution is 0.103. The number of ketones is 1. The monoisotopic (exact) mass is 216 g/mol. The Hall–Kier alpha value is -2.23. The molecule has 0 spiro atoms. The molecule has 0 aliphatic carbocycles. The highest BCUT2D eigenvalue weighted by molar-refractivity contribution is 6.07. The third kappa shape index (κ3) is 2.06. The van der Waals surface area contributed by atoms with E-state index in [4.69, 9.17) is 5.73 Å². The summed E-state index contributed by atoms with van der Waals surface area (Å²) in [5, 5.41) is 0. The number of benzene rings is 1. The summed E-state index contributed by atoms with van der Waals surface area (Å²) in [5.74, 6) is -0.763. The van der Waals surface area contributed by atoms with Gasteiger partial charge in [0.15, 0.2) is 0 Å². The van der Waals surface area contributed by atoms with Gasteiger partial charge in [-0.3, -0.25) is 9.78 Å². The van der Waals surface area contributed by atoms with E-state index in [1.54, 1.807) is 12.1 Å². The van der Waals surface area contributed by atoms with Crippen molar-refractivity contribution in [3.05, 3.63) is 59.7 Å². The number of nitrogens with two attached hydrogens (primary N) is 1. The first-order valence-corrected chi connectivity index (χ1v) is 4.68. The molecule has 1 aromatic heterocycles. The van der Waals surface area contributed by atoms with Crippen LogP contribution in [0.4, 0.5) is 10.1 Å². The van der Waals surface area contributed by atoms with Crippen LogP contribution in [0.15, 0.2) is 42.6 Å². The molecule has 4 heteroatoms. The Morgan fingerprint density at radius 3 is 2.69 bits per heavy atom. The smallest absolute Gasteiger partial charge is 0.211 e. The van der Waals surface area contributed by atoms with Gasteiger partial charge in [-0.2, -0.15) is 0 Å². The zero-order valence-corrected chi connectivity index (χ0v) is 8.35. The number of carbonyl (C=O) groups is 1. The summed E-state index contributed by atoms with van der Waals surface area (Å²) >= 11 is 0. The normalized spacial score (nSPS) is 10.1. The third-order valence-electron chi connectivity index (χ3n) is 2.11. The van der Waals surface area contributed by atoms with E-state index in [0.29, 0.717) is 5.69 Å². The SMILES string of the molecule is Nc1ccc(C(=O)c2cccc(F)c2)nc1. The second-order valence-electron chi connectivity index (χ2n) is 3.32. The van der Waals surface area contributed by atoms with Crippen molar-refractivity contribution in [1.29, 1.82) is 0 Å². The molecule has 0 radical (unpaired) electrons. The molecule has 0 aliphatic rings. The quantitative estimate of drug-likeness (QED) is 0.781. The number of anilines is 1. The molecule has 0 aliphatic heterocycles. The summed E-state index contributed by atoms with van der Waals surface area (Å²) in [6.45, 7) is 0. The van der Waals surface area contributed by atoms with Crippen molar-refractivity contribution in [1.82, 2.24) is 4.98 Å². The first-order valence-electron chi connectivity index (χ1n) is 4.68. The molecule has 80 valence electrons. The lowest BCUT2D eigenvalue weighted by Gasteiger charge is -2.00. The van der Waals surface area contributed by atoms with Crippen molar-refractivity contribution >= 4 is 11.5 Å². The van der Waals surface area contributed by atoms with Crippen LogP contribution in [0.5, 0.6) is 0 Å². The maximum atomic E-state index is 12.9. The molecule has 2 rings (SSSR count). The van der Waals surface area contributed by atoms with Gasteiger partial charge in [0.25, 0.3) is 0 Å². The van der Waals surface area contributed by atoms with Crippen molar-refractivity contribution in [2.45, 2.75) is 0 Å². The Morgan fingerprint density at radius 2 is 2.06 bits per heavy atom. The van der Waals surface area contributed by atoms with Gasteiger partial charge >= 0.3 is 0 Å². The standard InChI is InChI=1S/C12H9FN2O/c13-9-3-1-2-8(6-9)12(16)11-5-4-10(14)7-15-11/h1-7H,14H2. The fraction of sp³-hybridized carbons (Fsp3) is 0. The van der Waals surface area contributed by atoms with Gasteiger partial charge in [-0.25, -0.2) is 4.39 Å². The van der Waals surface area contributed by atoms with E-state index in [9.17, 15) is 9.18 Å². The summed E-state index contributed by atoms with van der Waals surface area (Å²) < 4.78 is 12.9. The van der Waals surface area contributed by atoms with Gasteiger partial charge in [0, 0.05) is 5.56 Å². The van der Waals surface area contributed by atoms with Crippen molar-refractivity contribution < 1.29 is 9.18 Å². The maximum absolute atomic E-state index is 12.9. The van der Waals surface area contributed by atoms with Gasteiger partial charge in [0.2, 0.25) is 5.78 Å². The van der Waals surface area contributed by atoms with Gasteiger partial charge in [0.05, 0.1) is 11.9 Å². The molecule has 0 unspecified atom stereocenters. The molecule has 0 atom stereocenters. The molecular formula is C12H9FN2O. The number of aromatic nitrogens is 1. The van der Waals surface area contributed by atoms with Gasteiger partial charge in [-0.15, -0.1) is 0 Å². The molecule has 1 heterocycles. The summed E-state index contributed by atoms with van der Waals surface area (Å²) in [6, 6.07) is 8.60. The number of pyridine rings is 1. The summed E-state index contributed by atoms with van der Waals surface area (Å²) in [6.07, 6.45) is 1.40. The fourth-order valence-electron chi connectivity index (χ4n) is 1.32. The fourth-order valence-corrected chi connectivity index (χ4v) is 1.32. The summed E-state index contributed by atoms with van der Waals surface area (Å²) in [5.41, 5.74) is 6.46. The lowest BCUT2D eigenvalue weighted by atomic mass is 10.1. The first-order chi connectivity index (χ1) is 7.66. The van der Waals surface area contributed by atoms with Crippen LogP contribution < -0.4 is 5.73 Å². The Balaban J connectivity index is 2.35. The average molecular weight is 216 g/mol. The van der Waals surface area contributed by atoms with E-state index in [1.807, 2.05) is 0 Å². The summed E-state index contributed by atoms with van der Waals surface area (Å²) in [4.78, 5) is 15.7. The number of hydrogen-bond acceptors (Lipinski definition) is 3. The van der Waals surface area contributed by atoms with Crippen LogP contribution in [0, 0.1) is 5.82 Å². The van der Waals surface area contributed by atoms with Gasteiger partial charge in [-0.1, -0.05) is 12.1 Å². The summed E-state index contributed by atoms with van der Waals surface area (Å²) in [7, 11) is 0. The van der Waals surface area contributed by atoms with Crippen LogP contribution in [0.3, 0.4) is 0 Å². The second-order valence-corrected chi connectivity index (χ2v) is 3.32. The van der Waals surface area contributed by atoms with E-state index in [0.717, 1.165) is 0 Å². The van der Waals surface area contributed by atoms with Crippen molar-refractivity contribution in [2.24, 2.45) is 0 Å². The Kier molecular flexibility index (Phi) is 2.64. The lowest BCUT2D eigenvalue weighted by Crippen LogP contribution is -2.04. The van der Waals surface area contributed by atoms with Crippen LogP contribution in [0.1, 0.15) is 16.1 Å². The minimum absolute atomic E-state index is 0.250. The highest BCUT2D eigenvalue weighted by Crippen LogP contribution is 2.10. The molecule has 3 nitrogen and oxygen atoms in total. The van der Waals surface area contributed by atoms with E-state index in [-0.39, 0.29) is 17.0 Å². The predicted octanol–water partition coefficient (Wildman–Crippen LogP) is 2.03. The van der Waals surface area contributed by atoms with E-state index in [1.165, 1.54) is 30.5 Å². The third-order valence-corrected chi connectivity index (χ3v) is 2.11. The highest BCUT2D eigenvalue weighted by atomic mass is 19.1. The van der Waals surface area contributed by atoms with E-state index < -0.39 is 5.82 Å². The number of carbonyl (C=O) groups excluding carboxylic acids is 1. The molecule has 16 heavy (non-hydrogen) atoms. The molecule has 0 amide bonds. The van der Waals surface area contributed by atoms with Gasteiger partial charge in [-0.05, 0) is 24.3 Å². The average Bonchev–Trinajstić information content (AvgIpc) is 2.29. The van der Waals surface area contributed by atoms with Crippen molar-refractivity contribution in [3.63, 3.8) is 0 Å². The second kappa shape index (κ2) is 4.10. The molecule has 0 fully saturated rings. The Morgan fingerprint density at radius 1 is 1.25 bits per heavy atom. The first kappa shape index (κ1) is 10.3. The zero-order chi connectivity index (χ0) is 11.5. The van der Waals surface area contributed by atoms with Crippen LogP contribution >= 0.6 is 0 Å². The van der Waals surface area contributed by atoms with Crippen LogP contribution in [0.2, 0.25) is 0 Å². The zero-order valence-electron chi connectivity index (χ0n) is 8.35. The Labute approximate surface area is 91.7 Å². The number of hydrogen-bond donors (Lipinski definition) is 1. The van der Waals surface area contributed by atoms with E-state index in [2.05, 4.69) is 4.98 Å². The molecule has 0 saturated heterocycles. The maximum Gasteiger partial charge on any atom is 0.211 e. The minimum atomic E-state index is -0.443. The number of rotatable bonds is 2. The molecule has 1 aromatic carbocycles. The topological polar surface area (TPSA) is 56.0 Å². The predicted molar refractivity (Wildman–Crippen MR) is 58.5 cm³/mol. The molecule has 0 bridgehead atoms. The Bertz CT molecular complexity index is 523. The molecule has 2 N–H and O–H groups in total. The van der Waals surface area contributed by atoms with Crippen molar-refractivity contribution in [2.75, 3.05) is 5.73 Å². The van der Waals surface area contributed by atoms with Gasteiger partial charge < -0.3 is 5.73 Å². The number of nitrogen functional groups attached to an aromatic ring is 1. The van der Waals surface area contributed by atoms with Crippen LogP contribution in [0.25, 0.3) is 0 Å². The largest absolute Gasteiger partial charge is 0.397 e. The van der Waals surface area contributed by atoms with Crippen LogP contribution in [-0.2, 0) is 0 Å². The highest BCUT2D eigenvalue weighted by Gasteiger charge is 2.10. The molecule has 0 saturated carbocycles. The minimum Gasteiger partial charge on any atom is -0.397 e. The molecule has 2 aromatic rings. The van der Waals surface area contributed by atoms with Crippen LogP contribution in [-0.4, -0.2) is 10.8 Å².